The van der Waals surface area contributed by atoms with Gasteiger partial charge in [-0.15, -0.1) is 0 Å². The molecular weight excluding hydrogens is 188 g/mol. The van der Waals surface area contributed by atoms with Crippen LogP contribution >= 0.6 is 0 Å². The van der Waals surface area contributed by atoms with E-state index in [9.17, 15) is 13.6 Å². The summed E-state index contributed by atoms with van der Waals surface area (Å²) in [7, 11) is 0. The second-order valence-electron chi connectivity index (χ2n) is 3.00. The number of carbonyl (C=O) groups excluding carboxylic acids is 1. The standard InChI is InChI=1S/C10H11F2NO/c1-2-9(13)10(14)7-5-6(11)3-4-8(7)12/h3-5,9H,2,13H2,1H3. The summed E-state index contributed by atoms with van der Waals surface area (Å²) in [5.41, 5.74) is 5.15. The Morgan fingerprint density at radius 3 is 2.71 bits per heavy atom. The number of rotatable bonds is 3. The highest BCUT2D eigenvalue weighted by Crippen LogP contribution is 2.12. The second-order valence-corrected chi connectivity index (χ2v) is 3.00. The minimum absolute atomic E-state index is 0.278. The molecule has 0 spiro atoms. The van der Waals surface area contributed by atoms with Crippen molar-refractivity contribution in [3.63, 3.8) is 0 Å². The molecule has 0 aromatic heterocycles. The fourth-order valence-electron chi connectivity index (χ4n) is 1.07. The Morgan fingerprint density at radius 2 is 2.14 bits per heavy atom. The molecule has 2 nitrogen and oxygen atoms in total. The van der Waals surface area contributed by atoms with Crippen molar-refractivity contribution in [2.45, 2.75) is 19.4 Å². The Bertz CT molecular complexity index is 352. The average Bonchev–Trinajstić information content (AvgIpc) is 2.19. The predicted octanol–water partition coefficient (Wildman–Crippen LogP) is 1.88. The number of hydrogen-bond donors (Lipinski definition) is 1. The molecule has 0 fully saturated rings. The molecule has 0 amide bonds. The Kier molecular flexibility index (Phi) is 3.30. The van der Waals surface area contributed by atoms with Gasteiger partial charge >= 0.3 is 0 Å². The van der Waals surface area contributed by atoms with Gasteiger partial charge in [0.25, 0.3) is 0 Å². The molecular formula is C10H11F2NO. The SMILES string of the molecule is CCC(N)C(=O)c1cc(F)ccc1F. The number of nitrogens with two attached hydrogens (primary N) is 1. The summed E-state index contributed by atoms with van der Waals surface area (Å²) in [6, 6.07) is 1.98. The fourth-order valence-corrected chi connectivity index (χ4v) is 1.07. The third kappa shape index (κ3) is 2.14. The van der Waals surface area contributed by atoms with E-state index in [2.05, 4.69) is 0 Å². The van der Waals surface area contributed by atoms with Crippen molar-refractivity contribution in [1.29, 1.82) is 0 Å². The maximum atomic E-state index is 13.1. The first-order chi connectivity index (χ1) is 6.56. The van der Waals surface area contributed by atoms with Crippen LogP contribution in [0, 0.1) is 11.6 Å². The van der Waals surface area contributed by atoms with E-state index < -0.39 is 23.5 Å². The van der Waals surface area contributed by atoms with Gasteiger partial charge in [0.05, 0.1) is 11.6 Å². The van der Waals surface area contributed by atoms with Gasteiger partial charge in [-0.3, -0.25) is 4.79 Å². The molecule has 0 heterocycles. The van der Waals surface area contributed by atoms with Gasteiger partial charge in [0.1, 0.15) is 11.6 Å². The van der Waals surface area contributed by atoms with Crippen LogP contribution in [0.15, 0.2) is 18.2 Å². The topological polar surface area (TPSA) is 43.1 Å². The minimum Gasteiger partial charge on any atom is -0.321 e. The quantitative estimate of drug-likeness (QED) is 0.755. The number of carbonyl (C=O) groups is 1. The lowest BCUT2D eigenvalue weighted by molar-refractivity contribution is 0.0955. The van der Waals surface area contributed by atoms with Crippen LogP contribution in [0.4, 0.5) is 8.78 Å². The van der Waals surface area contributed by atoms with Gasteiger partial charge in [-0.25, -0.2) is 8.78 Å². The third-order valence-electron chi connectivity index (χ3n) is 1.97. The molecule has 0 aliphatic rings. The van der Waals surface area contributed by atoms with Crippen LogP contribution in [0.1, 0.15) is 23.7 Å². The minimum atomic E-state index is -0.772. The van der Waals surface area contributed by atoms with Crippen molar-refractivity contribution in [3.05, 3.63) is 35.4 Å². The summed E-state index contributed by atoms with van der Waals surface area (Å²) in [4.78, 5) is 11.4. The van der Waals surface area contributed by atoms with Gasteiger partial charge in [-0.05, 0) is 24.6 Å². The number of Topliss-reactive ketones (excluding diaryl/α,β-unsaturated/α-hetero) is 1. The van der Waals surface area contributed by atoms with Crippen LogP contribution < -0.4 is 5.73 Å². The van der Waals surface area contributed by atoms with E-state index in [1.807, 2.05) is 0 Å². The monoisotopic (exact) mass is 199 g/mol. The van der Waals surface area contributed by atoms with Crippen LogP contribution in [0.25, 0.3) is 0 Å². The molecule has 1 rings (SSSR count). The zero-order valence-corrected chi connectivity index (χ0v) is 7.76. The van der Waals surface area contributed by atoms with E-state index in [4.69, 9.17) is 5.73 Å². The zero-order valence-electron chi connectivity index (χ0n) is 7.76. The molecule has 2 N–H and O–H groups in total. The summed E-state index contributed by atoms with van der Waals surface area (Å²) < 4.78 is 25.8. The Labute approximate surface area is 80.7 Å². The highest BCUT2D eigenvalue weighted by molar-refractivity contribution is 6.00. The van der Waals surface area contributed by atoms with Crippen molar-refractivity contribution >= 4 is 5.78 Å². The van der Waals surface area contributed by atoms with E-state index in [-0.39, 0.29) is 5.56 Å². The average molecular weight is 199 g/mol. The molecule has 0 saturated heterocycles. The van der Waals surface area contributed by atoms with Gasteiger partial charge in [0.2, 0.25) is 0 Å². The van der Waals surface area contributed by atoms with E-state index in [1.54, 1.807) is 6.92 Å². The van der Waals surface area contributed by atoms with Gasteiger partial charge in [-0.2, -0.15) is 0 Å². The maximum Gasteiger partial charge on any atom is 0.182 e. The van der Waals surface area contributed by atoms with Crippen LogP contribution in [0.5, 0.6) is 0 Å². The largest absolute Gasteiger partial charge is 0.321 e. The van der Waals surface area contributed by atoms with Crippen LogP contribution in [-0.2, 0) is 0 Å². The van der Waals surface area contributed by atoms with E-state index in [1.165, 1.54) is 0 Å². The molecule has 0 bridgehead atoms. The number of ketones is 1. The first-order valence-corrected chi connectivity index (χ1v) is 4.31. The smallest absolute Gasteiger partial charge is 0.182 e. The molecule has 1 aromatic carbocycles. The van der Waals surface area contributed by atoms with Crippen LogP contribution in [-0.4, -0.2) is 11.8 Å². The highest BCUT2D eigenvalue weighted by atomic mass is 19.1. The number of hydrogen-bond acceptors (Lipinski definition) is 2. The van der Waals surface area contributed by atoms with Gasteiger partial charge < -0.3 is 5.73 Å². The molecule has 14 heavy (non-hydrogen) atoms. The van der Waals surface area contributed by atoms with Crippen molar-refractivity contribution in [3.8, 4) is 0 Å². The Balaban J connectivity index is 3.06. The first kappa shape index (κ1) is 10.8. The first-order valence-electron chi connectivity index (χ1n) is 4.31. The summed E-state index contributed by atoms with van der Waals surface area (Å²) in [6.45, 7) is 1.71. The van der Waals surface area contributed by atoms with Gasteiger partial charge in [0, 0.05) is 0 Å². The third-order valence-corrected chi connectivity index (χ3v) is 1.97. The lowest BCUT2D eigenvalue weighted by Crippen LogP contribution is -2.30. The summed E-state index contributed by atoms with van der Waals surface area (Å²) >= 11 is 0. The predicted molar refractivity (Wildman–Crippen MR) is 49.0 cm³/mol. The van der Waals surface area contributed by atoms with Crippen molar-refractivity contribution in [2.24, 2.45) is 5.73 Å². The van der Waals surface area contributed by atoms with Crippen molar-refractivity contribution < 1.29 is 13.6 Å². The summed E-state index contributed by atoms with van der Waals surface area (Å²) in [5.74, 6) is -1.94. The molecule has 0 saturated carbocycles. The van der Waals surface area contributed by atoms with Crippen LogP contribution in [0.2, 0.25) is 0 Å². The van der Waals surface area contributed by atoms with Crippen molar-refractivity contribution in [1.82, 2.24) is 0 Å². The molecule has 0 aliphatic carbocycles. The summed E-state index contributed by atoms with van der Waals surface area (Å²) in [6.07, 6.45) is 0.398. The summed E-state index contributed by atoms with van der Waals surface area (Å²) in [5, 5.41) is 0. The zero-order chi connectivity index (χ0) is 10.7. The Hall–Kier alpha value is -1.29. The molecule has 4 heteroatoms. The second kappa shape index (κ2) is 4.28. The maximum absolute atomic E-state index is 13.1. The molecule has 0 radical (unpaired) electrons. The Morgan fingerprint density at radius 1 is 1.50 bits per heavy atom. The van der Waals surface area contributed by atoms with E-state index >= 15 is 0 Å². The molecule has 1 aromatic rings. The molecule has 0 aliphatic heterocycles. The number of halogens is 2. The number of benzene rings is 1. The normalized spacial score (nSPS) is 12.6. The molecule has 1 unspecified atom stereocenters. The van der Waals surface area contributed by atoms with Gasteiger partial charge in [0.15, 0.2) is 5.78 Å². The molecule has 1 atom stereocenters. The fraction of sp³-hybridized carbons (Fsp3) is 0.300. The highest BCUT2D eigenvalue weighted by Gasteiger charge is 2.18. The van der Waals surface area contributed by atoms with E-state index in [0.717, 1.165) is 18.2 Å². The van der Waals surface area contributed by atoms with Crippen LogP contribution in [0.3, 0.4) is 0 Å². The lowest BCUT2D eigenvalue weighted by atomic mass is 10.0. The van der Waals surface area contributed by atoms with E-state index in [0.29, 0.717) is 6.42 Å². The molecule has 76 valence electrons. The van der Waals surface area contributed by atoms with Gasteiger partial charge in [-0.1, -0.05) is 6.92 Å². The lowest BCUT2D eigenvalue weighted by Gasteiger charge is -2.08. The van der Waals surface area contributed by atoms with Crippen molar-refractivity contribution in [2.75, 3.05) is 0 Å².